The van der Waals surface area contributed by atoms with Crippen molar-refractivity contribution >= 4 is 18.2 Å². The van der Waals surface area contributed by atoms with Gasteiger partial charge >= 0.3 is 0 Å². The van der Waals surface area contributed by atoms with Crippen molar-refractivity contribution in [3.05, 3.63) is 12.3 Å². The third kappa shape index (κ3) is 8.07. The van der Waals surface area contributed by atoms with Crippen molar-refractivity contribution in [1.29, 1.82) is 0 Å². The van der Waals surface area contributed by atoms with Crippen molar-refractivity contribution in [2.24, 2.45) is 0 Å². The molecule has 0 amide bonds. The van der Waals surface area contributed by atoms with Gasteiger partial charge in [-0.15, -0.1) is 12.3 Å². The van der Waals surface area contributed by atoms with Crippen molar-refractivity contribution in [3.63, 3.8) is 0 Å². The quantitative estimate of drug-likeness (QED) is 0.365. The smallest absolute Gasteiger partial charge is 0.267 e. The lowest BCUT2D eigenvalue weighted by atomic mass is 10.4. The zero-order valence-corrected chi connectivity index (χ0v) is 12.5. The monoisotopic (exact) mass is 264 g/mol. The first-order valence-corrected chi connectivity index (χ1v) is 10.7. The van der Waals surface area contributed by atoms with E-state index in [1.54, 1.807) is 0 Å². The zero-order valence-electron chi connectivity index (χ0n) is 10.7. The second-order valence-corrected chi connectivity index (χ2v) is 11.4. The predicted octanol–water partition coefficient (Wildman–Crippen LogP) is 2.96. The topological polar surface area (TPSA) is 43.4 Å². The van der Waals surface area contributed by atoms with E-state index >= 15 is 0 Å². The molecule has 0 radical (unpaired) electrons. The maximum Gasteiger partial charge on any atom is 0.267 e. The van der Waals surface area contributed by atoms with Gasteiger partial charge in [-0.05, 0) is 12.8 Å². The predicted molar refractivity (Wildman–Crippen MR) is 71.7 cm³/mol. The molecule has 0 aliphatic rings. The Labute approximate surface area is 101 Å². The molecule has 16 heavy (non-hydrogen) atoms. The number of rotatable bonds is 9. The third-order valence-electron chi connectivity index (χ3n) is 2.53. The average molecular weight is 264 g/mol. The SMILES string of the molecule is C=C[Si](C)(C)CCCOS(=O)(=O)CCCC. The maximum absolute atomic E-state index is 11.4. The van der Waals surface area contributed by atoms with E-state index in [4.69, 9.17) is 4.18 Å². The summed E-state index contributed by atoms with van der Waals surface area (Å²) in [5.41, 5.74) is 2.03. The van der Waals surface area contributed by atoms with Gasteiger partial charge in [0.05, 0.1) is 20.4 Å². The summed E-state index contributed by atoms with van der Waals surface area (Å²) in [4.78, 5) is 0. The fourth-order valence-electron chi connectivity index (χ4n) is 1.20. The van der Waals surface area contributed by atoms with E-state index in [9.17, 15) is 8.42 Å². The summed E-state index contributed by atoms with van der Waals surface area (Å²) in [6, 6.07) is 1.03. The Kier molecular flexibility index (Phi) is 7.18. The van der Waals surface area contributed by atoms with Gasteiger partial charge in [-0.25, -0.2) is 0 Å². The van der Waals surface area contributed by atoms with Crippen LogP contribution in [0.2, 0.25) is 19.1 Å². The number of hydrogen-bond donors (Lipinski definition) is 0. The minimum absolute atomic E-state index is 0.145. The van der Waals surface area contributed by atoms with Gasteiger partial charge in [-0.1, -0.05) is 32.5 Å². The number of hydrogen-bond acceptors (Lipinski definition) is 3. The summed E-state index contributed by atoms with van der Waals surface area (Å²) in [7, 11) is -4.59. The van der Waals surface area contributed by atoms with Crippen LogP contribution in [-0.2, 0) is 14.3 Å². The van der Waals surface area contributed by atoms with Crippen LogP contribution in [0, 0.1) is 0 Å². The number of unbranched alkanes of at least 4 members (excludes halogenated alkanes) is 1. The Morgan fingerprint density at radius 1 is 1.31 bits per heavy atom. The van der Waals surface area contributed by atoms with E-state index < -0.39 is 18.2 Å². The lowest BCUT2D eigenvalue weighted by Crippen LogP contribution is -2.22. The second kappa shape index (κ2) is 7.24. The summed E-state index contributed by atoms with van der Waals surface area (Å²) in [6.07, 6.45) is 2.35. The first-order chi connectivity index (χ1) is 7.33. The molecule has 0 fully saturated rings. The van der Waals surface area contributed by atoms with E-state index in [1.807, 2.05) is 12.6 Å². The molecule has 0 saturated heterocycles. The largest absolute Gasteiger partial charge is 0.270 e. The summed E-state index contributed by atoms with van der Waals surface area (Å²) in [5.74, 6) is 0.145. The van der Waals surface area contributed by atoms with Crippen LogP contribution in [-0.4, -0.2) is 28.9 Å². The molecule has 0 aliphatic carbocycles. The van der Waals surface area contributed by atoms with Gasteiger partial charge in [0.15, 0.2) is 0 Å². The van der Waals surface area contributed by atoms with Gasteiger partial charge in [-0.2, -0.15) is 8.42 Å². The molecular weight excluding hydrogens is 240 g/mol. The highest BCUT2D eigenvalue weighted by Crippen LogP contribution is 2.13. The Morgan fingerprint density at radius 3 is 2.44 bits per heavy atom. The van der Waals surface area contributed by atoms with E-state index in [2.05, 4.69) is 19.7 Å². The fourth-order valence-corrected chi connectivity index (χ4v) is 3.59. The third-order valence-corrected chi connectivity index (χ3v) is 6.59. The van der Waals surface area contributed by atoms with Crippen molar-refractivity contribution in [3.8, 4) is 0 Å². The normalized spacial score (nSPS) is 12.7. The average Bonchev–Trinajstić information content (AvgIpc) is 2.22. The van der Waals surface area contributed by atoms with Crippen molar-refractivity contribution < 1.29 is 12.6 Å². The van der Waals surface area contributed by atoms with Crippen LogP contribution in [0.3, 0.4) is 0 Å². The second-order valence-electron chi connectivity index (χ2n) is 4.73. The summed E-state index contributed by atoms with van der Waals surface area (Å²) < 4.78 is 27.6. The molecule has 0 aliphatic heterocycles. The maximum atomic E-state index is 11.4. The van der Waals surface area contributed by atoms with Crippen LogP contribution in [0.1, 0.15) is 26.2 Å². The molecule has 0 spiro atoms. The van der Waals surface area contributed by atoms with Crippen LogP contribution in [0.25, 0.3) is 0 Å². The Bertz CT molecular complexity index is 296. The zero-order chi connectivity index (χ0) is 12.7. The van der Waals surface area contributed by atoms with Crippen LogP contribution in [0.4, 0.5) is 0 Å². The molecule has 0 heterocycles. The van der Waals surface area contributed by atoms with Crippen LogP contribution >= 0.6 is 0 Å². The van der Waals surface area contributed by atoms with Crippen molar-refractivity contribution in [2.45, 2.75) is 45.3 Å². The summed E-state index contributed by atoms with van der Waals surface area (Å²) >= 11 is 0. The van der Waals surface area contributed by atoms with Crippen molar-refractivity contribution in [1.82, 2.24) is 0 Å². The van der Waals surface area contributed by atoms with E-state index in [-0.39, 0.29) is 5.75 Å². The molecular formula is C11H24O3SSi. The Hall–Kier alpha value is -0.133. The molecule has 0 aromatic carbocycles. The molecule has 96 valence electrons. The highest BCUT2D eigenvalue weighted by atomic mass is 32.2. The minimum atomic E-state index is -3.28. The van der Waals surface area contributed by atoms with E-state index in [1.165, 1.54) is 0 Å². The fraction of sp³-hybridized carbons (Fsp3) is 0.818. The van der Waals surface area contributed by atoms with Gasteiger partial charge in [0.25, 0.3) is 10.1 Å². The van der Waals surface area contributed by atoms with Gasteiger partial charge in [0, 0.05) is 0 Å². The molecule has 0 saturated carbocycles. The van der Waals surface area contributed by atoms with Crippen LogP contribution < -0.4 is 0 Å². The molecule has 0 aromatic heterocycles. The molecule has 0 rings (SSSR count). The first-order valence-electron chi connectivity index (χ1n) is 5.83. The summed E-state index contributed by atoms with van der Waals surface area (Å²) in [5, 5.41) is 0. The molecule has 0 N–H and O–H groups in total. The van der Waals surface area contributed by atoms with Crippen LogP contribution in [0.15, 0.2) is 12.3 Å². The van der Waals surface area contributed by atoms with Gasteiger partial charge in [0.1, 0.15) is 0 Å². The molecule has 0 aromatic rings. The Morgan fingerprint density at radius 2 is 1.94 bits per heavy atom. The molecule has 0 atom stereocenters. The highest BCUT2D eigenvalue weighted by Gasteiger charge is 2.16. The molecule has 5 heteroatoms. The lowest BCUT2D eigenvalue weighted by Gasteiger charge is -2.16. The first kappa shape index (κ1) is 15.9. The molecule has 0 unspecified atom stereocenters. The Balaban J connectivity index is 3.78. The molecule has 3 nitrogen and oxygen atoms in total. The van der Waals surface area contributed by atoms with E-state index in [0.29, 0.717) is 13.0 Å². The standard InChI is InChI=1S/C11H24O3SSi/c1-5-7-10-15(12,13)14-9-8-11-16(3,4)6-2/h6H,2,5,7-11H2,1,3-4H3. The van der Waals surface area contributed by atoms with Gasteiger partial charge in [-0.3, -0.25) is 4.18 Å². The van der Waals surface area contributed by atoms with Crippen molar-refractivity contribution in [2.75, 3.05) is 12.4 Å². The highest BCUT2D eigenvalue weighted by molar-refractivity contribution is 7.86. The lowest BCUT2D eigenvalue weighted by molar-refractivity contribution is 0.317. The van der Waals surface area contributed by atoms with Crippen LogP contribution in [0.5, 0.6) is 0 Å². The van der Waals surface area contributed by atoms with E-state index in [0.717, 1.165) is 18.9 Å². The molecule has 0 bridgehead atoms. The summed E-state index contributed by atoms with van der Waals surface area (Å²) in [6.45, 7) is 10.5. The van der Waals surface area contributed by atoms with Gasteiger partial charge < -0.3 is 0 Å². The minimum Gasteiger partial charge on any atom is -0.270 e. The van der Waals surface area contributed by atoms with Gasteiger partial charge in [0.2, 0.25) is 0 Å².